The lowest BCUT2D eigenvalue weighted by molar-refractivity contribution is -0.134. The SMILES string of the molecule is CN(C(=O)CCc1ccccc1)C1CCC(=O)CC1. The zero-order valence-electron chi connectivity index (χ0n) is 11.5. The molecule has 1 amide bonds. The fraction of sp³-hybridized carbons (Fsp3) is 0.500. The predicted molar refractivity (Wildman–Crippen MR) is 74.8 cm³/mol. The zero-order valence-corrected chi connectivity index (χ0v) is 11.5. The minimum atomic E-state index is 0.184. The summed E-state index contributed by atoms with van der Waals surface area (Å²) in [6.45, 7) is 0. The summed E-state index contributed by atoms with van der Waals surface area (Å²) in [5.41, 5.74) is 1.20. The van der Waals surface area contributed by atoms with Gasteiger partial charge in [-0.05, 0) is 24.8 Å². The first kappa shape index (κ1) is 13.8. The maximum absolute atomic E-state index is 12.1. The highest BCUT2D eigenvalue weighted by molar-refractivity contribution is 5.80. The number of hydrogen-bond donors (Lipinski definition) is 0. The van der Waals surface area contributed by atoms with Crippen molar-refractivity contribution in [2.75, 3.05) is 7.05 Å². The summed E-state index contributed by atoms with van der Waals surface area (Å²) in [4.78, 5) is 25.2. The topological polar surface area (TPSA) is 37.4 Å². The van der Waals surface area contributed by atoms with Crippen LogP contribution in [0.4, 0.5) is 0 Å². The molecule has 1 aliphatic rings. The van der Waals surface area contributed by atoms with E-state index in [1.807, 2.05) is 42.3 Å². The fourth-order valence-corrected chi connectivity index (χ4v) is 2.59. The zero-order chi connectivity index (χ0) is 13.7. The van der Waals surface area contributed by atoms with Gasteiger partial charge in [0, 0.05) is 32.4 Å². The molecule has 1 aliphatic carbocycles. The molecule has 0 heterocycles. The van der Waals surface area contributed by atoms with E-state index in [0.29, 0.717) is 25.0 Å². The second-order valence-corrected chi connectivity index (χ2v) is 5.26. The monoisotopic (exact) mass is 259 g/mol. The molecule has 19 heavy (non-hydrogen) atoms. The second-order valence-electron chi connectivity index (χ2n) is 5.26. The highest BCUT2D eigenvalue weighted by Crippen LogP contribution is 2.20. The van der Waals surface area contributed by atoms with Crippen molar-refractivity contribution in [3.05, 3.63) is 35.9 Å². The van der Waals surface area contributed by atoms with E-state index in [0.717, 1.165) is 19.3 Å². The van der Waals surface area contributed by atoms with E-state index in [1.54, 1.807) is 0 Å². The van der Waals surface area contributed by atoms with E-state index in [9.17, 15) is 9.59 Å². The lowest BCUT2D eigenvalue weighted by atomic mass is 9.93. The van der Waals surface area contributed by atoms with Gasteiger partial charge in [0.2, 0.25) is 5.91 Å². The summed E-state index contributed by atoms with van der Waals surface area (Å²) >= 11 is 0. The number of rotatable bonds is 4. The van der Waals surface area contributed by atoms with Crippen molar-refractivity contribution in [2.24, 2.45) is 0 Å². The molecule has 1 fully saturated rings. The smallest absolute Gasteiger partial charge is 0.222 e. The number of nitrogens with zero attached hydrogens (tertiary/aromatic N) is 1. The Bertz CT molecular complexity index is 431. The minimum absolute atomic E-state index is 0.184. The quantitative estimate of drug-likeness (QED) is 0.833. The molecule has 0 radical (unpaired) electrons. The van der Waals surface area contributed by atoms with Crippen LogP contribution in [-0.4, -0.2) is 29.7 Å². The number of carbonyl (C=O) groups is 2. The van der Waals surface area contributed by atoms with Crippen molar-refractivity contribution in [2.45, 2.75) is 44.6 Å². The Hall–Kier alpha value is -1.64. The van der Waals surface area contributed by atoms with Crippen LogP contribution in [0, 0.1) is 0 Å². The Morgan fingerprint density at radius 1 is 1.21 bits per heavy atom. The van der Waals surface area contributed by atoms with Gasteiger partial charge in [-0.25, -0.2) is 0 Å². The lowest BCUT2D eigenvalue weighted by Crippen LogP contribution is -2.39. The van der Waals surface area contributed by atoms with E-state index < -0.39 is 0 Å². The van der Waals surface area contributed by atoms with Gasteiger partial charge in [-0.1, -0.05) is 30.3 Å². The molecule has 2 rings (SSSR count). The van der Waals surface area contributed by atoms with Crippen molar-refractivity contribution in [3.63, 3.8) is 0 Å². The highest BCUT2D eigenvalue weighted by Gasteiger charge is 2.24. The molecule has 3 heteroatoms. The van der Waals surface area contributed by atoms with Crippen LogP contribution in [0.1, 0.15) is 37.7 Å². The molecule has 1 saturated carbocycles. The van der Waals surface area contributed by atoms with Crippen molar-refractivity contribution in [1.82, 2.24) is 4.90 Å². The summed E-state index contributed by atoms with van der Waals surface area (Å²) in [7, 11) is 1.87. The number of hydrogen-bond acceptors (Lipinski definition) is 2. The summed E-state index contributed by atoms with van der Waals surface area (Å²) in [6.07, 6.45) is 4.24. The minimum Gasteiger partial charge on any atom is -0.343 e. The third-order valence-corrected chi connectivity index (χ3v) is 3.92. The van der Waals surface area contributed by atoms with Crippen LogP contribution in [0.3, 0.4) is 0 Å². The molecule has 1 aromatic rings. The van der Waals surface area contributed by atoms with Gasteiger partial charge in [0.25, 0.3) is 0 Å². The maximum atomic E-state index is 12.1. The van der Waals surface area contributed by atoms with Crippen LogP contribution in [0.5, 0.6) is 0 Å². The summed E-state index contributed by atoms with van der Waals surface area (Å²) in [5, 5.41) is 0. The summed E-state index contributed by atoms with van der Waals surface area (Å²) in [5.74, 6) is 0.518. The molecule has 0 saturated heterocycles. The van der Waals surface area contributed by atoms with Crippen LogP contribution in [0.15, 0.2) is 30.3 Å². The molecule has 0 aliphatic heterocycles. The number of benzene rings is 1. The van der Waals surface area contributed by atoms with Gasteiger partial charge in [0.05, 0.1) is 0 Å². The summed E-state index contributed by atoms with van der Waals surface area (Å²) in [6, 6.07) is 10.3. The van der Waals surface area contributed by atoms with Crippen molar-refractivity contribution < 1.29 is 9.59 Å². The molecular formula is C16H21NO2. The van der Waals surface area contributed by atoms with E-state index >= 15 is 0 Å². The van der Waals surface area contributed by atoms with Crippen LogP contribution in [0.2, 0.25) is 0 Å². The van der Waals surface area contributed by atoms with Gasteiger partial charge in [-0.2, -0.15) is 0 Å². The van der Waals surface area contributed by atoms with Gasteiger partial charge in [0.1, 0.15) is 5.78 Å². The molecule has 0 N–H and O–H groups in total. The fourth-order valence-electron chi connectivity index (χ4n) is 2.59. The third kappa shape index (κ3) is 3.91. The predicted octanol–water partition coefficient (Wildman–Crippen LogP) is 2.59. The lowest BCUT2D eigenvalue weighted by Gasteiger charge is -2.30. The number of ketones is 1. The Morgan fingerprint density at radius 2 is 1.84 bits per heavy atom. The van der Waals surface area contributed by atoms with Gasteiger partial charge in [-0.15, -0.1) is 0 Å². The molecule has 0 spiro atoms. The number of carbonyl (C=O) groups excluding carboxylic acids is 2. The van der Waals surface area contributed by atoms with E-state index in [2.05, 4.69) is 0 Å². The Balaban J connectivity index is 1.81. The molecule has 3 nitrogen and oxygen atoms in total. The first-order valence-corrected chi connectivity index (χ1v) is 6.98. The van der Waals surface area contributed by atoms with Crippen LogP contribution in [-0.2, 0) is 16.0 Å². The van der Waals surface area contributed by atoms with Gasteiger partial charge in [-0.3, -0.25) is 9.59 Å². The van der Waals surface area contributed by atoms with Crippen LogP contribution < -0.4 is 0 Å². The Kier molecular flexibility index (Phi) is 4.72. The molecular weight excluding hydrogens is 238 g/mol. The van der Waals surface area contributed by atoms with Crippen molar-refractivity contribution in [3.8, 4) is 0 Å². The normalized spacial score (nSPS) is 16.4. The van der Waals surface area contributed by atoms with Crippen molar-refractivity contribution >= 4 is 11.7 Å². The molecule has 1 aromatic carbocycles. The van der Waals surface area contributed by atoms with Crippen LogP contribution in [0.25, 0.3) is 0 Å². The number of Topliss-reactive ketones (excluding diaryl/α,β-unsaturated/α-hetero) is 1. The number of aryl methyl sites for hydroxylation is 1. The van der Waals surface area contributed by atoms with Crippen LogP contribution >= 0.6 is 0 Å². The molecule has 0 bridgehead atoms. The number of amides is 1. The largest absolute Gasteiger partial charge is 0.343 e. The van der Waals surface area contributed by atoms with E-state index in [4.69, 9.17) is 0 Å². The Morgan fingerprint density at radius 3 is 2.47 bits per heavy atom. The average molecular weight is 259 g/mol. The van der Waals surface area contributed by atoms with Gasteiger partial charge in [0.15, 0.2) is 0 Å². The standard InChI is InChI=1S/C16H21NO2/c1-17(14-8-10-15(18)11-9-14)16(19)12-7-13-5-3-2-4-6-13/h2-6,14H,7-12H2,1H3. The second kappa shape index (κ2) is 6.50. The van der Waals surface area contributed by atoms with E-state index in [1.165, 1.54) is 5.56 Å². The maximum Gasteiger partial charge on any atom is 0.222 e. The van der Waals surface area contributed by atoms with Gasteiger partial charge < -0.3 is 4.90 Å². The molecule has 0 unspecified atom stereocenters. The Labute approximate surface area is 114 Å². The molecule has 102 valence electrons. The molecule has 0 aromatic heterocycles. The van der Waals surface area contributed by atoms with Gasteiger partial charge >= 0.3 is 0 Å². The third-order valence-electron chi connectivity index (χ3n) is 3.92. The van der Waals surface area contributed by atoms with Crippen molar-refractivity contribution in [1.29, 1.82) is 0 Å². The first-order chi connectivity index (χ1) is 9.16. The molecule has 0 atom stereocenters. The first-order valence-electron chi connectivity index (χ1n) is 6.98. The summed E-state index contributed by atoms with van der Waals surface area (Å²) < 4.78 is 0. The average Bonchev–Trinajstić information content (AvgIpc) is 2.46. The highest BCUT2D eigenvalue weighted by atomic mass is 16.2. The van der Waals surface area contributed by atoms with E-state index in [-0.39, 0.29) is 11.9 Å².